The van der Waals surface area contributed by atoms with Crippen molar-refractivity contribution in [2.75, 3.05) is 0 Å². The number of aryl methyl sites for hydroxylation is 1. The van der Waals surface area contributed by atoms with Crippen LogP contribution in [0, 0.1) is 27.7 Å². The fourth-order valence-electron chi connectivity index (χ4n) is 2.38. The van der Waals surface area contributed by atoms with Crippen LogP contribution < -0.4 is 0 Å². The van der Waals surface area contributed by atoms with Gasteiger partial charge in [-0.1, -0.05) is 6.07 Å². The van der Waals surface area contributed by atoms with E-state index < -0.39 is 0 Å². The first-order valence-corrected chi connectivity index (χ1v) is 6.16. The summed E-state index contributed by atoms with van der Waals surface area (Å²) >= 11 is 0. The van der Waals surface area contributed by atoms with Crippen LogP contribution in [0.5, 0.6) is 17.2 Å². The SMILES string of the molecule is Cc1cc(O)ccc1-c1c(C)c(C)c(O)c(C)c1O. The molecule has 0 aliphatic rings. The molecule has 0 amide bonds. The highest BCUT2D eigenvalue weighted by atomic mass is 16.3. The van der Waals surface area contributed by atoms with Gasteiger partial charge in [-0.2, -0.15) is 0 Å². The molecule has 2 rings (SSSR count). The highest BCUT2D eigenvalue weighted by molar-refractivity contribution is 5.80. The number of benzene rings is 2. The minimum absolute atomic E-state index is 0.0920. The summed E-state index contributed by atoms with van der Waals surface area (Å²) in [7, 11) is 0. The molecule has 0 aliphatic carbocycles. The average Bonchev–Trinajstić information content (AvgIpc) is 2.37. The third-order valence-electron chi connectivity index (χ3n) is 3.72. The van der Waals surface area contributed by atoms with Gasteiger partial charge in [-0.25, -0.2) is 0 Å². The normalized spacial score (nSPS) is 10.7. The number of rotatable bonds is 1. The monoisotopic (exact) mass is 258 g/mol. The molecule has 0 aliphatic heterocycles. The molecule has 0 aromatic heterocycles. The summed E-state index contributed by atoms with van der Waals surface area (Å²) in [5.41, 5.74) is 4.53. The fourth-order valence-corrected chi connectivity index (χ4v) is 2.38. The molecule has 3 nitrogen and oxygen atoms in total. The molecule has 0 fully saturated rings. The predicted molar refractivity (Wildman–Crippen MR) is 75.8 cm³/mol. The lowest BCUT2D eigenvalue weighted by Gasteiger charge is -2.17. The van der Waals surface area contributed by atoms with Crippen LogP contribution >= 0.6 is 0 Å². The van der Waals surface area contributed by atoms with Gasteiger partial charge in [-0.3, -0.25) is 0 Å². The van der Waals surface area contributed by atoms with Crippen LogP contribution in [0.25, 0.3) is 11.1 Å². The maximum Gasteiger partial charge on any atom is 0.130 e. The van der Waals surface area contributed by atoms with E-state index in [9.17, 15) is 15.3 Å². The molecule has 3 N–H and O–H groups in total. The molecule has 0 saturated carbocycles. The van der Waals surface area contributed by atoms with E-state index in [0.29, 0.717) is 11.1 Å². The van der Waals surface area contributed by atoms with E-state index in [-0.39, 0.29) is 17.2 Å². The summed E-state index contributed by atoms with van der Waals surface area (Å²) in [6.07, 6.45) is 0. The molecule has 0 heterocycles. The number of phenolic OH excluding ortho intramolecular Hbond substituents is 3. The van der Waals surface area contributed by atoms with Crippen LogP contribution in [0.4, 0.5) is 0 Å². The molecule has 0 bridgehead atoms. The predicted octanol–water partition coefficient (Wildman–Crippen LogP) is 3.70. The number of hydrogen-bond donors (Lipinski definition) is 3. The van der Waals surface area contributed by atoms with Crippen molar-refractivity contribution in [2.24, 2.45) is 0 Å². The Morgan fingerprint density at radius 1 is 0.737 bits per heavy atom. The fraction of sp³-hybridized carbons (Fsp3) is 0.250. The highest BCUT2D eigenvalue weighted by Crippen LogP contribution is 2.43. The van der Waals surface area contributed by atoms with E-state index >= 15 is 0 Å². The number of phenols is 3. The Bertz CT molecular complexity index is 629. The van der Waals surface area contributed by atoms with Crippen molar-refractivity contribution in [1.82, 2.24) is 0 Å². The van der Waals surface area contributed by atoms with Crippen molar-refractivity contribution in [3.63, 3.8) is 0 Å². The van der Waals surface area contributed by atoms with Crippen LogP contribution in [0.3, 0.4) is 0 Å². The zero-order valence-corrected chi connectivity index (χ0v) is 11.6. The molecular formula is C16H18O3. The minimum atomic E-state index is 0.0920. The van der Waals surface area contributed by atoms with Crippen molar-refractivity contribution in [3.8, 4) is 28.4 Å². The lowest BCUT2D eigenvalue weighted by atomic mass is 9.90. The first-order chi connectivity index (χ1) is 8.84. The van der Waals surface area contributed by atoms with Gasteiger partial charge in [0, 0.05) is 11.1 Å². The third-order valence-corrected chi connectivity index (χ3v) is 3.72. The Kier molecular flexibility index (Phi) is 3.14. The summed E-state index contributed by atoms with van der Waals surface area (Å²) in [5.74, 6) is 0.426. The van der Waals surface area contributed by atoms with Crippen LogP contribution in [0.1, 0.15) is 22.3 Å². The van der Waals surface area contributed by atoms with Crippen molar-refractivity contribution < 1.29 is 15.3 Å². The van der Waals surface area contributed by atoms with Gasteiger partial charge in [0.15, 0.2) is 0 Å². The number of hydrogen-bond acceptors (Lipinski definition) is 3. The Labute approximate surface area is 112 Å². The second-order valence-electron chi connectivity index (χ2n) is 4.95. The molecule has 0 spiro atoms. The molecular weight excluding hydrogens is 240 g/mol. The Hall–Kier alpha value is -2.16. The van der Waals surface area contributed by atoms with E-state index in [1.807, 2.05) is 20.8 Å². The largest absolute Gasteiger partial charge is 0.508 e. The van der Waals surface area contributed by atoms with Crippen LogP contribution in [-0.4, -0.2) is 15.3 Å². The topological polar surface area (TPSA) is 60.7 Å². The van der Waals surface area contributed by atoms with Crippen molar-refractivity contribution >= 4 is 0 Å². The zero-order valence-electron chi connectivity index (χ0n) is 11.6. The molecule has 2 aromatic carbocycles. The Morgan fingerprint density at radius 3 is 1.95 bits per heavy atom. The molecule has 0 unspecified atom stereocenters. The molecule has 2 aromatic rings. The maximum atomic E-state index is 10.3. The highest BCUT2D eigenvalue weighted by Gasteiger charge is 2.18. The lowest BCUT2D eigenvalue weighted by Crippen LogP contribution is -1.94. The summed E-state index contributed by atoms with van der Waals surface area (Å²) in [6.45, 7) is 7.27. The van der Waals surface area contributed by atoms with E-state index in [4.69, 9.17) is 0 Å². The quantitative estimate of drug-likeness (QED) is 0.730. The van der Waals surface area contributed by atoms with Crippen molar-refractivity contribution in [1.29, 1.82) is 0 Å². The third kappa shape index (κ3) is 2.01. The van der Waals surface area contributed by atoms with Gasteiger partial charge in [-0.05, 0) is 62.1 Å². The van der Waals surface area contributed by atoms with Gasteiger partial charge in [0.25, 0.3) is 0 Å². The van der Waals surface area contributed by atoms with Gasteiger partial charge in [0.2, 0.25) is 0 Å². The first kappa shape index (κ1) is 13.3. The summed E-state index contributed by atoms with van der Waals surface area (Å²) in [6, 6.07) is 5.03. The molecule has 3 heteroatoms. The molecule has 0 atom stereocenters. The summed E-state index contributed by atoms with van der Waals surface area (Å²) < 4.78 is 0. The van der Waals surface area contributed by atoms with E-state index in [2.05, 4.69) is 0 Å². The van der Waals surface area contributed by atoms with Gasteiger partial charge in [0.1, 0.15) is 17.2 Å². The molecule has 0 saturated heterocycles. The molecule has 100 valence electrons. The van der Waals surface area contributed by atoms with E-state index in [1.54, 1.807) is 25.1 Å². The summed E-state index contributed by atoms with van der Waals surface area (Å²) in [5, 5.41) is 29.7. The van der Waals surface area contributed by atoms with Crippen molar-refractivity contribution in [3.05, 3.63) is 40.5 Å². The Morgan fingerprint density at radius 2 is 1.37 bits per heavy atom. The Balaban J connectivity index is 2.83. The van der Waals surface area contributed by atoms with Gasteiger partial charge >= 0.3 is 0 Å². The van der Waals surface area contributed by atoms with Gasteiger partial charge in [0.05, 0.1) is 0 Å². The standard InChI is InChI=1S/C16H18O3/c1-8-7-12(17)5-6-13(8)14-9(2)10(3)15(18)11(4)16(14)19/h5-7,17-19H,1-4H3. The average molecular weight is 258 g/mol. The molecule has 19 heavy (non-hydrogen) atoms. The minimum Gasteiger partial charge on any atom is -0.508 e. The second kappa shape index (κ2) is 4.50. The smallest absolute Gasteiger partial charge is 0.130 e. The van der Waals surface area contributed by atoms with E-state index in [1.165, 1.54) is 0 Å². The zero-order chi connectivity index (χ0) is 14.3. The van der Waals surface area contributed by atoms with Crippen molar-refractivity contribution in [2.45, 2.75) is 27.7 Å². The second-order valence-corrected chi connectivity index (χ2v) is 4.95. The van der Waals surface area contributed by atoms with Crippen LogP contribution in [0.2, 0.25) is 0 Å². The van der Waals surface area contributed by atoms with Gasteiger partial charge in [-0.15, -0.1) is 0 Å². The van der Waals surface area contributed by atoms with Crippen LogP contribution in [0.15, 0.2) is 18.2 Å². The lowest BCUT2D eigenvalue weighted by molar-refractivity contribution is 0.441. The van der Waals surface area contributed by atoms with Gasteiger partial charge < -0.3 is 15.3 Å². The molecule has 0 radical (unpaired) electrons. The first-order valence-electron chi connectivity index (χ1n) is 6.16. The summed E-state index contributed by atoms with van der Waals surface area (Å²) in [4.78, 5) is 0. The maximum absolute atomic E-state index is 10.3. The van der Waals surface area contributed by atoms with Crippen LogP contribution in [-0.2, 0) is 0 Å². The number of aromatic hydroxyl groups is 3. The van der Waals surface area contributed by atoms with E-state index in [0.717, 1.165) is 22.3 Å².